The molecule has 1 rings (SSSR count). The largest absolute Gasteiger partial charge is 0.869 e. The van der Waals surface area contributed by atoms with Crippen LogP contribution in [0.1, 0.15) is 10.4 Å². The van der Waals surface area contributed by atoms with Gasteiger partial charge in [-0.3, -0.25) is 0 Å². The Kier molecular flexibility index (Phi) is 2.63. The van der Waals surface area contributed by atoms with Gasteiger partial charge in [0, 0.05) is 5.02 Å². The third-order valence-electron chi connectivity index (χ3n) is 1.48. The van der Waals surface area contributed by atoms with Crippen molar-refractivity contribution in [2.24, 2.45) is 0 Å². The lowest BCUT2D eigenvalue weighted by molar-refractivity contribution is -0.269. The summed E-state index contributed by atoms with van der Waals surface area (Å²) in [7, 11) is 1.28. The molecule has 0 saturated carbocycles. The topological polar surface area (TPSA) is 69.6 Å². The number of methoxy groups -OCH3 is 1. The summed E-state index contributed by atoms with van der Waals surface area (Å²) in [6.45, 7) is 0. The quantitative estimate of drug-likeness (QED) is 0.779. The van der Waals surface area contributed by atoms with E-state index in [1.165, 1.54) is 7.11 Å². The molecule has 0 saturated heterocycles. The van der Waals surface area contributed by atoms with E-state index in [-0.39, 0.29) is 16.3 Å². The van der Waals surface area contributed by atoms with Gasteiger partial charge in [0.05, 0.1) is 12.7 Å². The number of rotatable bonds is 2. The molecule has 0 aliphatic heterocycles. The van der Waals surface area contributed by atoms with Crippen molar-refractivity contribution >= 4 is 17.6 Å². The third-order valence-corrected chi connectivity index (χ3v) is 1.76. The normalized spacial score (nSPS) is 9.69. The molecule has 0 bridgehead atoms. The highest BCUT2D eigenvalue weighted by atomic mass is 35.5. The Morgan fingerprint density at radius 2 is 2.23 bits per heavy atom. The van der Waals surface area contributed by atoms with Crippen LogP contribution in [0.3, 0.4) is 0 Å². The molecule has 0 spiro atoms. The lowest BCUT2D eigenvalue weighted by Gasteiger charge is -2.14. The maximum atomic E-state index is 11.1. The van der Waals surface area contributed by atoms with E-state index in [0.29, 0.717) is 0 Å². The van der Waals surface area contributed by atoms with Crippen molar-refractivity contribution in [2.45, 2.75) is 0 Å². The summed E-state index contributed by atoms with van der Waals surface area (Å²) >= 11 is 5.49. The van der Waals surface area contributed by atoms with E-state index < -0.39 is 11.7 Å². The summed E-state index contributed by atoms with van der Waals surface area (Å²) in [5, 5.41) is 19.6. The molecule has 0 aliphatic carbocycles. The van der Waals surface area contributed by atoms with Crippen LogP contribution in [0, 0.1) is 0 Å². The van der Waals surface area contributed by atoms with Crippen LogP contribution in [0.5, 0.6) is 11.5 Å². The molecule has 0 heterocycles. The molecule has 0 unspecified atom stereocenters. The van der Waals surface area contributed by atoms with Gasteiger partial charge < -0.3 is 14.9 Å². The van der Waals surface area contributed by atoms with Gasteiger partial charge in [-0.25, -0.2) is 4.79 Å². The fourth-order valence-corrected chi connectivity index (χ4v) is 1.05. The fourth-order valence-electron chi connectivity index (χ4n) is 0.843. The van der Waals surface area contributed by atoms with Crippen molar-refractivity contribution in [3.8, 4) is 11.5 Å². The average Bonchev–Trinajstić information content (AvgIpc) is 2.09. The maximum absolute atomic E-state index is 11.1. The average molecular weight is 202 g/mol. The van der Waals surface area contributed by atoms with Gasteiger partial charge in [0.15, 0.2) is 0 Å². The standard InChI is InChI=1S/C8H7ClO4/c1-13-6-3-4(8(11)12)2-5(9)7(6)10/h2-3,10H,1H3,(H,11,12)/p-1. The lowest BCUT2D eigenvalue weighted by Crippen LogP contribution is -2.01. The van der Waals surface area contributed by atoms with Crippen molar-refractivity contribution in [3.05, 3.63) is 22.7 Å². The second-order valence-corrected chi connectivity index (χ2v) is 2.70. The first-order chi connectivity index (χ1) is 6.06. The Labute approximate surface area is 79.3 Å². The molecule has 1 aromatic carbocycles. The van der Waals surface area contributed by atoms with Crippen molar-refractivity contribution < 1.29 is 19.7 Å². The van der Waals surface area contributed by atoms with Crippen LogP contribution in [-0.2, 0) is 0 Å². The predicted molar refractivity (Wildman–Crippen MR) is 44.4 cm³/mol. The number of carbonyl (C=O) groups is 1. The molecule has 0 atom stereocenters. The monoisotopic (exact) mass is 201 g/mol. The summed E-state index contributed by atoms with van der Waals surface area (Å²) in [6, 6.07) is 2.23. The SMILES string of the molecule is COc1cc(C(=O)O)cc(Cl)c1[O-]. The summed E-state index contributed by atoms with van der Waals surface area (Å²) in [6.07, 6.45) is 0. The molecule has 0 aromatic heterocycles. The number of carboxylic acids is 1. The molecule has 0 amide bonds. The van der Waals surface area contributed by atoms with E-state index in [1.807, 2.05) is 0 Å². The van der Waals surface area contributed by atoms with Crippen LogP contribution < -0.4 is 9.84 Å². The number of ether oxygens (including phenoxy) is 1. The number of hydrogen-bond donors (Lipinski definition) is 1. The molecule has 0 fully saturated rings. The van der Waals surface area contributed by atoms with Crippen LogP contribution in [0.4, 0.5) is 0 Å². The van der Waals surface area contributed by atoms with Gasteiger partial charge in [-0.05, 0) is 17.9 Å². The second-order valence-electron chi connectivity index (χ2n) is 2.29. The fraction of sp³-hybridized carbons (Fsp3) is 0.125. The van der Waals surface area contributed by atoms with Gasteiger partial charge in [0.1, 0.15) is 5.75 Å². The summed E-state index contributed by atoms with van der Waals surface area (Å²) in [4.78, 5) is 10.5. The van der Waals surface area contributed by atoms with Crippen molar-refractivity contribution in [2.75, 3.05) is 7.11 Å². The molecular formula is C8H6ClO4-. The van der Waals surface area contributed by atoms with Crippen LogP contribution >= 0.6 is 11.6 Å². The van der Waals surface area contributed by atoms with Gasteiger partial charge in [-0.2, -0.15) is 0 Å². The van der Waals surface area contributed by atoms with E-state index in [2.05, 4.69) is 4.74 Å². The van der Waals surface area contributed by atoms with E-state index in [1.54, 1.807) is 0 Å². The second kappa shape index (κ2) is 3.53. The van der Waals surface area contributed by atoms with E-state index in [4.69, 9.17) is 16.7 Å². The molecule has 1 aromatic rings. The number of halogens is 1. The minimum Gasteiger partial charge on any atom is -0.869 e. The number of hydrogen-bond acceptors (Lipinski definition) is 3. The van der Waals surface area contributed by atoms with Crippen molar-refractivity contribution in [3.63, 3.8) is 0 Å². The van der Waals surface area contributed by atoms with Crippen LogP contribution in [-0.4, -0.2) is 18.2 Å². The molecule has 4 nitrogen and oxygen atoms in total. The van der Waals surface area contributed by atoms with E-state index in [0.717, 1.165) is 12.1 Å². The first-order valence-corrected chi connectivity index (χ1v) is 3.72. The van der Waals surface area contributed by atoms with Crippen LogP contribution in [0.25, 0.3) is 0 Å². The zero-order valence-corrected chi connectivity index (χ0v) is 7.46. The minimum atomic E-state index is -1.15. The van der Waals surface area contributed by atoms with Gasteiger partial charge in [0.25, 0.3) is 0 Å². The van der Waals surface area contributed by atoms with Gasteiger partial charge in [-0.1, -0.05) is 11.6 Å². The van der Waals surface area contributed by atoms with Crippen LogP contribution in [0.15, 0.2) is 12.1 Å². The number of aromatic carboxylic acids is 1. The molecule has 0 aliphatic rings. The van der Waals surface area contributed by atoms with Crippen LogP contribution in [0.2, 0.25) is 5.02 Å². The van der Waals surface area contributed by atoms with Crippen molar-refractivity contribution in [1.29, 1.82) is 0 Å². The zero-order valence-electron chi connectivity index (χ0n) is 6.70. The van der Waals surface area contributed by atoms with Crippen molar-refractivity contribution in [1.82, 2.24) is 0 Å². The Bertz CT molecular complexity index is 348. The first kappa shape index (κ1) is 9.67. The number of benzene rings is 1. The zero-order chi connectivity index (χ0) is 10.0. The summed E-state index contributed by atoms with van der Waals surface area (Å²) < 4.78 is 4.66. The minimum absolute atomic E-state index is 0.0649. The Balaban J connectivity index is 3.30. The van der Waals surface area contributed by atoms with Gasteiger partial charge in [0.2, 0.25) is 0 Å². The smallest absolute Gasteiger partial charge is 0.335 e. The number of carboxylic acid groups (broad SMARTS) is 1. The Hall–Kier alpha value is -1.42. The highest BCUT2D eigenvalue weighted by Crippen LogP contribution is 2.32. The van der Waals surface area contributed by atoms with Gasteiger partial charge in [-0.15, -0.1) is 0 Å². The molecule has 13 heavy (non-hydrogen) atoms. The van der Waals surface area contributed by atoms with E-state index in [9.17, 15) is 9.90 Å². The lowest BCUT2D eigenvalue weighted by atomic mass is 10.2. The Morgan fingerprint density at radius 1 is 1.62 bits per heavy atom. The predicted octanol–water partition coefficient (Wildman–Crippen LogP) is 1.12. The molecular weight excluding hydrogens is 196 g/mol. The first-order valence-electron chi connectivity index (χ1n) is 3.34. The highest BCUT2D eigenvalue weighted by molar-refractivity contribution is 6.32. The molecule has 5 heteroatoms. The van der Waals surface area contributed by atoms with Gasteiger partial charge >= 0.3 is 5.97 Å². The summed E-state index contributed by atoms with van der Waals surface area (Å²) in [5.41, 5.74) is -0.0681. The molecule has 70 valence electrons. The summed E-state index contributed by atoms with van der Waals surface area (Å²) in [5.74, 6) is -1.72. The molecule has 0 radical (unpaired) electrons. The third kappa shape index (κ3) is 1.84. The molecule has 1 N–H and O–H groups in total. The highest BCUT2D eigenvalue weighted by Gasteiger charge is 2.07. The maximum Gasteiger partial charge on any atom is 0.335 e. The Morgan fingerprint density at radius 3 is 2.69 bits per heavy atom. The van der Waals surface area contributed by atoms with E-state index >= 15 is 0 Å².